The first-order valence-corrected chi connectivity index (χ1v) is 21.7. The van der Waals surface area contributed by atoms with Crippen molar-refractivity contribution in [3.8, 4) is 12.3 Å². The van der Waals surface area contributed by atoms with Crippen LogP contribution >= 0.6 is 0 Å². The summed E-state index contributed by atoms with van der Waals surface area (Å²) in [5.41, 5.74) is 2.09. The van der Waals surface area contributed by atoms with E-state index in [0.717, 1.165) is 30.4 Å². The second-order valence-electron chi connectivity index (χ2n) is 16.9. The van der Waals surface area contributed by atoms with Gasteiger partial charge in [0.05, 0.1) is 18.6 Å². The molecule has 3 saturated carbocycles. The topological polar surface area (TPSA) is 176 Å². The average molecular weight is 810 g/mol. The first kappa shape index (κ1) is 41.4. The van der Waals surface area contributed by atoms with Gasteiger partial charge >= 0.3 is 6.03 Å². The third kappa shape index (κ3) is 7.88. The maximum Gasteiger partial charge on any atom is 0.315 e. The van der Waals surface area contributed by atoms with Gasteiger partial charge in [-0.3, -0.25) is 19.2 Å². The molecule has 9 atom stereocenters. The first-order valence-electron chi connectivity index (χ1n) is 20.6. The molecule has 4 unspecified atom stereocenters. The van der Waals surface area contributed by atoms with Gasteiger partial charge in [-0.2, -0.15) is 0 Å². The van der Waals surface area contributed by atoms with Crippen molar-refractivity contribution in [3.63, 3.8) is 0 Å². The number of fused-ring (bicyclic) bond motifs is 3. The number of rotatable bonds is 17. The van der Waals surface area contributed by atoms with Gasteiger partial charge in [0.15, 0.2) is 0 Å². The van der Waals surface area contributed by atoms with Crippen LogP contribution in [0.25, 0.3) is 0 Å². The van der Waals surface area contributed by atoms with Gasteiger partial charge in [0.2, 0.25) is 17.6 Å². The molecule has 0 spiro atoms. The number of amides is 5. The number of pyridine rings is 1. The van der Waals surface area contributed by atoms with Gasteiger partial charge in [0, 0.05) is 44.2 Å². The van der Waals surface area contributed by atoms with Crippen molar-refractivity contribution >= 4 is 40.9 Å². The molecule has 13 nitrogen and oxygen atoms in total. The molecule has 1 aromatic carbocycles. The number of carbonyl (C=O) groups excluding carboxylic acids is 5. The number of likely N-dealkylation sites (tertiary alicyclic amines) is 1. The second kappa shape index (κ2) is 17.3. The van der Waals surface area contributed by atoms with E-state index in [-0.39, 0.29) is 54.5 Å². The molecule has 2 heterocycles. The van der Waals surface area contributed by atoms with Crippen LogP contribution in [0.4, 0.5) is 4.79 Å². The lowest BCUT2D eigenvalue weighted by Crippen LogP contribution is -2.61. The van der Waals surface area contributed by atoms with Gasteiger partial charge in [0.1, 0.15) is 23.4 Å². The van der Waals surface area contributed by atoms with Crippen LogP contribution in [0.2, 0.25) is 0 Å². The summed E-state index contributed by atoms with van der Waals surface area (Å²) >= 11 is -1.55. The fourth-order valence-electron chi connectivity index (χ4n) is 10.9. The summed E-state index contributed by atoms with van der Waals surface area (Å²) in [5, 5.41) is 12.1. The third-order valence-corrected chi connectivity index (χ3v) is 15.2. The molecule has 4 N–H and O–H groups in total. The minimum Gasteiger partial charge on any atom is -0.592 e. The van der Waals surface area contributed by atoms with Crippen LogP contribution in [-0.4, -0.2) is 99.1 Å². The van der Waals surface area contributed by atoms with Gasteiger partial charge < -0.3 is 30.7 Å². The molecule has 58 heavy (non-hydrogen) atoms. The predicted molar refractivity (Wildman–Crippen MR) is 219 cm³/mol. The average Bonchev–Trinajstić information content (AvgIpc) is 3.68. The van der Waals surface area contributed by atoms with Crippen molar-refractivity contribution < 1.29 is 28.5 Å². The summed E-state index contributed by atoms with van der Waals surface area (Å²) < 4.78 is 15.2. The van der Waals surface area contributed by atoms with Gasteiger partial charge in [-0.05, 0) is 84.8 Å². The number of ketones is 1. The van der Waals surface area contributed by atoms with Crippen LogP contribution in [0.5, 0.6) is 0 Å². The fourth-order valence-corrected chi connectivity index (χ4v) is 11.9. The van der Waals surface area contributed by atoms with Crippen molar-refractivity contribution in [3.05, 3.63) is 72.4 Å². The summed E-state index contributed by atoms with van der Waals surface area (Å²) in [4.78, 5) is 75.6. The second-order valence-corrected chi connectivity index (χ2v) is 18.4. The van der Waals surface area contributed by atoms with E-state index in [1.165, 1.54) is 6.08 Å². The normalized spacial score (nSPS) is 28.4. The molecule has 5 aliphatic rings. The van der Waals surface area contributed by atoms with E-state index in [1.807, 2.05) is 24.3 Å². The van der Waals surface area contributed by atoms with E-state index in [4.69, 9.17) is 6.42 Å². The Kier molecular flexibility index (Phi) is 12.3. The smallest absolute Gasteiger partial charge is 0.315 e. The summed E-state index contributed by atoms with van der Waals surface area (Å²) in [7, 11) is 1.76. The lowest BCUT2D eigenvalue weighted by Gasteiger charge is -2.34. The Bertz CT molecular complexity index is 1920. The Labute approximate surface area is 344 Å². The lowest BCUT2D eigenvalue weighted by atomic mass is 9.91. The quantitative estimate of drug-likeness (QED) is 0.0817. The molecule has 308 valence electrons. The fraction of sp³-hybridized carbons (Fsp3) is 0.545. The highest BCUT2D eigenvalue weighted by Crippen LogP contribution is 2.85. The van der Waals surface area contributed by atoms with E-state index in [0.29, 0.717) is 48.7 Å². The summed E-state index contributed by atoms with van der Waals surface area (Å²) in [5.74, 6) is 0.854. The number of carbonyl (C=O) groups is 5. The number of hydrogen-bond donors (Lipinski definition) is 4. The number of aromatic nitrogens is 1. The van der Waals surface area contributed by atoms with Crippen LogP contribution < -0.4 is 21.3 Å². The zero-order valence-corrected chi connectivity index (χ0v) is 34.3. The lowest BCUT2D eigenvalue weighted by molar-refractivity contribution is -0.144. The molecule has 1 aliphatic heterocycles. The van der Waals surface area contributed by atoms with Gasteiger partial charge in [-0.1, -0.05) is 56.7 Å². The molecule has 0 radical (unpaired) electrons. The Balaban J connectivity index is 1.13. The molecule has 1 aromatic heterocycles. The van der Waals surface area contributed by atoms with Gasteiger partial charge in [-0.25, -0.2) is 9.78 Å². The highest BCUT2D eigenvalue weighted by Gasteiger charge is 2.85. The molecule has 4 fully saturated rings. The van der Waals surface area contributed by atoms with E-state index in [9.17, 15) is 23.7 Å². The van der Waals surface area contributed by atoms with E-state index < -0.39 is 53.1 Å². The largest absolute Gasteiger partial charge is 0.592 e. The van der Waals surface area contributed by atoms with Crippen LogP contribution in [0, 0.1) is 53.3 Å². The number of Topliss-reactive ketones (excluding diaryl/α,β-unsaturated/α-hetero) is 1. The molecular weight excluding hydrogens is 755 g/mol. The highest BCUT2D eigenvalue weighted by atomic mass is 32.2. The number of urea groups is 1. The molecule has 1 saturated heterocycles. The molecule has 2 aromatic rings. The Morgan fingerprint density at radius 1 is 1.07 bits per heavy atom. The first-order chi connectivity index (χ1) is 27.9. The van der Waals surface area contributed by atoms with Crippen molar-refractivity contribution in [1.29, 1.82) is 0 Å². The Morgan fingerprint density at radius 2 is 1.78 bits per heavy atom. The number of nitrogens with zero attached hydrogens (tertiary/aromatic N) is 3. The summed E-state index contributed by atoms with van der Waals surface area (Å²) in [6.45, 7) is 8.69. The standard InChI is InChI=1S/C44H55N7O6S/c1-6-8-18-33(39(52)41(54)46-20-7-2)47-40(53)38-32-17-13-16-30(32)24-51(38)42(55)37(31-22-28-14-9-10-15-29(28)23-31)49-43(56)48-34(44-26(3)36(44)27(44)4)25-50(5)58(57)35-19-11-12-21-45-35/h1,7,9-12,14-15,19,21,26-27,30-34,36-38H,2,8,13,16-18,20,22-25H2,3-5H3,(H,46,54)(H,47,53)(H2,48,49,56)/t26?,27?,30-,32-,33?,34+,36?,37-,38-,44?,58?/m0/s1. The van der Waals surface area contributed by atoms with Crippen LogP contribution in [0.15, 0.2) is 66.3 Å². The zero-order valence-electron chi connectivity index (χ0n) is 33.5. The van der Waals surface area contributed by atoms with Crippen molar-refractivity contribution in [2.75, 3.05) is 26.7 Å². The minimum atomic E-state index is -1.55. The third-order valence-electron chi connectivity index (χ3n) is 13.9. The van der Waals surface area contributed by atoms with Crippen LogP contribution in [0.1, 0.15) is 57.1 Å². The van der Waals surface area contributed by atoms with Crippen LogP contribution in [0.3, 0.4) is 0 Å². The molecule has 14 heteroatoms. The number of nitrogens with one attached hydrogen (secondary N) is 4. The van der Waals surface area contributed by atoms with Crippen molar-refractivity contribution in [2.24, 2.45) is 40.9 Å². The van der Waals surface area contributed by atoms with E-state index in [2.05, 4.69) is 52.6 Å². The molecule has 5 amide bonds. The molecular formula is C44H55N7O6S. The molecule has 0 bridgehead atoms. The van der Waals surface area contributed by atoms with E-state index in [1.54, 1.807) is 40.6 Å². The van der Waals surface area contributed by atoms with E-state index >= 15 is 4.79 Å². The van der Waals surface area contributed by atoms with Crippen molar-refractivity contribution in [1.82, 2.24) is 35.5 Å². The monoisotopic (exact) mass is 809 g/mol. The molecule has 7 rings (SSSR count). The highest BCUT2D eigenvalue weighted by molar-refractivity contribution is 7.89. The summed E-state index contributed by atoms with van der Waals surface area (Å²) in [6, 6.07) is 9.43. The number of benzene rings is 1. The van der Waals surface area contributed by atoms with Gasteiger partial charge in [-0.15, -0.1) is 23.2 Å². The Hall–Kier alpha value is -4.71. The maximum absolute atomic E-state index is 15.1. The van der Waals surface area contributed by atoms with Crippen LogP contribution in [-0.2, 0) is 43.4 Å². The number of likely N-dealkylation sites (N-methyl/N-ethyl adjacent to an activating group) is 1. The van der Waals surface area contributed by atoms with Crippen molar-refractivity contribution in [2.45, 2.75) is 88.0 Å². The predicted octanol–water partition coefficient (Wildman–Crippen LogP) is 2.79. The van der Waals surface area contributed by atoms with Gasteiger partial charge in [0.25, 0.3) is 10.9 Å². The minimum absolute atomic E-state index is 0.0629. The number of terminal acetylenes is 1. The summed E-state index contributed by atoms with van der Waals surface area (Å²) in [6.07, 6.45) is 12.4. The Morgan fingerprint density at radius 3 is 2.40 bits per heavy atom. The zero-order chi connectivity index (χ0) is 41.3. The number of hydrogen-bond acceptors (Lipinski definition) is 8. The maximum atomic E-state index is 15.1. The SMILES string of the molecule is C#CCCC(NC(=O)[C@@H]1[C@H]2CCC[C@H]2CN1C(=O)[C@@H](NC(=O)N[C@H](CN(C)[S+]([O-])c1ccccn1)C12C(C)C1C2C)C1Cc2ccccc2C1)C(=O)C(=O)NCC=C. The molecule has 4 aliphatic carbocycles.